The lowest BCUT2D eigenvalue weighted by Crippen LogP contribution is -2.32. The fourth-order valence-electron chi connectivity index (χ4n) is 2.99. The molecule has 0 aliphatic heterocycles. The summed E-state index contributed by atoms with van der Waals surface area (Å²) in [6, 6.07) is 13.3. The Kier molecular flexibility index (Phi) is 6.99. The van der Waals surface area contributed by atoms with E-state index in [0.717, 1.165) is 28.3 Å². The van der Waals surface area contributed by atoms with E-state index < -0.39 is 0 Å². The predicted molar refractivity (Wildman–Crippen MR) is 110 cm³/mol. The summed E-state index contributed by atoms with van der Waals surface area (Å²) in [4.78, 5) is 26.2. The second-order valence-corrected chi connectivity index (χ2v) is 6.86. The summed E-state index contributed by atoms with van der Waals surface area (Å²) in [5, 5.41) is 3.03. The van der Waals surface area contributed by atoms with Gasteiger partial charge < -0.3 is 15.0 Å². The summed E-state index contributed by atoms with van der Waals surface area (Å²) in [7, 11) is 1.60. The van der Waals surface area contributed by atoms with Crippen LogP contribution in [-0.2, 0) is 9.59 Å². The van der Waals surface area contributed by atoms with Crippen molar-refractivity contribution < 1.29 is 14.3 Å². The number of hydrogen-bond donors (Lipinski definition) is 1. The molecule has 0 unspecified atom stereocenters. The third-order valence-electron chi connectivity index (χ3n) is 4.52. The van der Waals surface area contributed by atoms with E-state index in [1.165, 1.54) is 6.92 Å². The van der Waals surface area contributed by atoms with Gasteiger partial charge in [0.15, 0.2) is 0 Å². The largest absolute Gasteiger partial charge is 0.497 e. The molecule has 2 amide bonds. The summed E-state index contributed by atoms with van der Waals surface area (Å²) in [5.41, 5.74) is 3.77. The quantitative estimate of drug-likeness (QED) is 0.782. The van der Waals surface area contributed by atoms with Crippen LogP contribution in [0.15, 0.2) is 42.5 Å². The van der Waals surface area contributed by atoms with Crippen molar-refractivity contribution in [2.24, 2.45) is 0 Å². The van der Waals surface area contributed by atoms with E-state index in [9.17, 15) is 9.59 Å². The van der Waals surface area contributed by atoms with Gasteiger partial charge in [-0.05, 0) is 48.2 Å². The molecule has 0 heterocycles. The van der Waals surface area contributed by atoms with Gasteiger partial charge in [-0.3, -0.25) is 9.59 Å². The topological polar surface area (TPSA) is 58.6 Å². The Labute approximate surface area is 161 Å². The average Bonchev–Trinajstić information content (AvgIpc) is 2.63. The highest BCUT2D eigenvalue weighted by molar-refractivity contribution is 5.95. The zero-order valence-corrected chi connectivity index (χ0v) is 16.7. The molecule has 0 radical (unpaired) electrons. The fourth-order valence-corrected chi connectivity index (χ4v) is 2.99. The number of nitrogens with one attached hydrogen (secondary N) is 1. The van der Waals surface area contributed by atoms with Crippen molar-refractivity contribution in [2.75, 3.05) is 23.9 Å². The number of aryl methyl sites for hydroxylation is 1. The molecule has 0 saturated heterocycles. The van der Waals surface area contributed by atoms with E-state index in [4.69, 9.17) is 4.74 Å². The Morgan fingerprint density at radius 1 is 1.11 bits per heavy atom. The smallest absolute Gasteiger partial charge is 0.226 e. The molecule has 2 aromatic carbocycles. The Morgan fingerprint density at radius 3 is 2.33 bits per heavy atom. The first-order valence-electron chi connectivity index (χ1n) is 9.15. The average molecular weight is 368 g/mol. The van der Waals surface area contributed by atoms with E-state index >= 15 is 0 Å². The lowest BCUT2D eigenvalue weighted by Gasteiger charge is -2.22. The number of benzene rings is 2. The molecule has 0 spiro atoms. The van der Waals surface area contributed by atoms with Crippen molar-refractivity contribution in [1.82, 2.24) is 0 Å². The van der Waals surface area contributed by atoms with Crippen LogP contribution < -0.4 is 15.0 Å². The van der Waals surface area contributed by atoms with Gasteiger partial charge in [0, 0.05) is 31.3 Å². The second-order valence-electron chi connectivity index (χ2n) is 6.86. The number of methoxy groups -OCH3 is 1. The molecule has 0 aromatic heterocycles. The van der Waals surface area contributed by atoms with Crippen LogP contribution in [0.3, 0.4) is 0 Å². The summed E-state index contributed by atoms with van der Waals surface area (Å²) >= 11 is 0. The van der Waals surface area contributed by atoms with Gasteiger partial charge in [-0.1, -0.05) is 32.0 Å². The van der Waals surface area contributed by atoms with Crippen LogP contribution >= 0.6 is 0 Å². The minimum absolute atomic E-state index is 0.105. The maximum absolute atomic E-state index is 12.5. The van der Waals surface area contributed by atoms with Crippen molar-refractivity contribution in [2.45, 2.75) is 40.0 Å². The highest BCUT2D eigenvalue weighted by Crippen LogP contribution is 2.27. The molecule has 1 N–H and O–H groups in total. The minimum Gasteiger partial charge on any atom is -0.497 e. The number of amides is 2. The molecule has 0 fully saturated rings. The lowest BCUT2D eigenvalue weighted by molar-refractivity contribution is -0.117. The van der Waals surface area contributed by atoms with Crippen molar-refractivity contribution in [1.29, 1.82) is 0 Å². The number of para-hydroxylation sites is 1. The monoisotopic (exact) mass is 368 g/mol. The van der Waals surface area contributed by atoms with Crippen molar-refractivity contribution >= 4 is 23.2 Å². The fraction of sp³-hybridized carbons (Fsp3) is 0.364. The number of anilines is 2. The number of rotatable bonds is 7. The van der Waals surface area contributed by atoms with Gasteiger partial charge in [0.2, 0.25) is 11.8 Å². The molecule has 0 aliphatic carbocycles. The SMILES string of the molecule is COc1ccc(N(CCC(=O)Nc2c(C)cccc2C(C)C)C(C)=O)cc1. The van der Waals surface area contributed by atoms with Crippen molar-refractivity contribution in [3.05, 3.63) is 53.6 Å². The molecule has 0 bridgehead atoms. The Morgan fingerprint density at radius 2 is 1.78 bits per heavy atom. The molecule has 2 aromatic rings. The first-order valence-corrected chi connectivity index (χ1v) is 9.15. The summed E-state index contributed by atoms with van der Waals surface area (Å²) in [5.74, 6) is 0.826. The van der Waals surface area contributed by atoms with Gasteiger partial charge in [-0.15, -0.1) is 0 Å². The second kappa shape index (κ2) is 9.21. The Bertz CT molecular complexity index is 798. The summed E-state index contributed by atoms with van der Waals surface area (Å²) in [6.45, 7) is 8.01. The molecule has 27 heavy (non-hydrogen) atoms. The minimum atomic E-state index is -0.106. The van der Waals surface area contributed by atoms with Crippen molar-refractivity contribution in [3.63, 3.8) is 0 Å². The maximum Gasteiger partial charge on any atom is 0.226 e. The van der Waals surface area contributed by atoms with E-state index in [1.807, 2.05) is 37.3 Å². The van der Waals surface area contributed by atoms with Crippen LogP contribution in [0.25, 0.3) is 0 Å². The highest BCUT2D eigenvalue weighted by atomic mass is 16.5. The Hall–Kier alpha value is -2.82. The van der Waals surface area contributed by atoms with Gasteiger partial charge in [0.25, 0.3) is 0 Å². The summed E-state index contributed by atoms with van der Waals surface area (Å²) in [6.07, 6.45) is 0.220. The molecule has 0 aliphatic rings. The molecule has 0 saturated carbocycles. The zero-order chi connectivity index (χ0) is 20.0. The van der Waals surface area contributed by atoms with E-state index in [0.29, 0.717) is 12.5 Å². The zero-order valence-electron chi connectivity index (χ0n) is 16.7. The number of nitrogens with zero attached hydrogens (tertiary/aromatic N) is 1. The van der Waals surface area contributed by atoms with Gasteiger partial charge in [-0.2, -0.15) is 0 Å². The maximum atomic E-state index is 12.5. The predicted octanol–water partition coefficient (Wildman–Crippen LogP) is 4.51. The Balaban J connectivity index is 2.07. The van der Waals surface area contributed by atoms with Crippen LogP contribution in [0.4, 0.5) is 11.4 Å². The first-order chi connectivity index (χ1) is 12.8. The molecule has 144 valence electrons. The van der Waals surface area contributed by atoms with E-state index in [-0.39, 0.29) is 18.2 Å². The third-order valence-corrected chi connectivity index (χ3v) is 4.52. The number of carbonyl (C=O) groups is 2. The lowest BCUT2D eigenvalue weighted by atomic mass is 9.98. The third kappa shape index (κ3) is 5.33. The highest BCUT2D eigenvalue weighted by Gasteiger charge is 2.16. The number of hydrogen-bond acceptors (Lipinski definition) is 3. The van der Waals surface area contributed by atoms with Gasteiger partial charge in [0.05, 0.1) is 7.11 Å². The van der Waals surface area contributed by atoms with Crippen LogP contribution in [0, 0.1) is 6.92 Å². The van der Waals surface area contributed by atoms with Crippen LogP contribution in [0.5, 0.6) is 5.75 Å². The van der Waals surface area contributed by atoms with Gasteiger partial charge in [0.1, 0.15) is 5.75 Å². The number of carbonyl (C=O) groups excluding carboxylic acids is 2. The van der Waals surface area contributed by atoms with Crippen LogP contribution in [0.2, 0.25) is 0 Å². The van der Waals surface area contributed by atoms with Crippen LogP contribution in [0.1, 0.15) is 44.2 Å². The molecule has 2 rings (SSSR count). The number of ether oxygens (including phenoxy) is 1. The molecule has 5 heteroatoms. The van der Waals surface area contributed by atoms with E-state index in [1.54, 1.807) is 24.1 Å². The molecule has 5 nitrogen and oxygen atoms in total. The van der Waals surface area contributed by atoms with E-state index in [2.05, 4.69) is 19.2 Å². The molecular formula is C22H28N2O3. The summed E-state index contributed by atoms with van der Waals surface area (Å²) < 4.78 is 5.15. The molecule has 0 atom stereocenters. The normalized spacial score (nSPS) is 10.6. The van der Waals surface area contributed by atoms with Gasteiger partial charge in [-0.25, -0.2) is 0 Å². The van der Waals surface area contributed by atoms with Gasteiger partial charge >= 0.3 is 0 Å². The van der Waals surface area contributed by atoms with Crippen molar-refractivity contribution in [3.8, 4) is 5.75 Å². The van der Waals surface area contributed by atoms with Crippen LogP contribution in [-0.4, -0.2) is 25.5 Å². The molecular weight excluding hydrogens is 340 g/mol. The first kappa shape index (κ1) is 20.5. The standard InChI is InChI=1S/C22H28N2O3/c1-15(2)20-8-6-7-16(3)22(20)23-21(26)13-14-24(17(4)25)18-9-11-19(27-5)12-10-18/h6-12,15H,13-14H2,1-5H3,(H,23,26).